The van der Waals surface area contributed by atoms with Crippen molar-refractivity contribution < 1.29 is 14.1 Å². The van der Waals surface area contributed by atoms with Crippen LogP contribution in [0.25, 0.3) is 0 Å². The summed E-state index contributed by atoms with van der Waals surface area (Å²) in [6.07, 6.45) is 0. The van der Waals surface area contributed by atoms with E-state index >= 15 is 0 Å². The molecule has 1 aliphatic rings. The molecule has 82 valence electrons. The Hall–Kier alpha value is -1.05. The Morgan fingerprint density at radius 2 is 2.53 bits per heavy atom. The molecule has 0 bridgehead atoms. The van der Waals surface area contributed by atoms with Crippen LogP contribution < -0.4 is 11.3 Å². The van der Waals surface area contributed by atoms with Gasteiger partial charge in [-0.05, 0) is 0 Å². The Morgan fingerprint density at radius 1 is 1.73 bits per heavy atom. The van der Waals surface area contributed by atoms with E-state index in [1.165, 1.54) is 0 Å². The van der Waals surface area contributed by atoms with Crippen LogP contribution in [0.4, 0.5) is 0 Å². The quantitative estimate of drug-likeness (QED) is 0.426. The number of thioether (sulfide) groups is 1. The van der Waals surface area contributed by atoms with Gasteiger partial charge in [-0.3, -0.25) is 10.2 Å². The Kier molecular flexibility index (Phi) is 3.24. The monoisotopic (exact) mass is 229 g/mol. The van der Waals surface area contributed by atoms with Gasteiger partial charge < -0.3 is 9.26 Å². The molecular formula is C8H11N3O3S. The van der Waals surface area contributed by atoms with Gasteiger partial charge in [0.25, 0.3) is 5.91 Å². The molecule has 1 amide bonds. The first-order chi connectivity index (χ1) is 7.29. The third-order valence-electron chi connectivity index (χ3n) is 1.99. The minimum atomic E-state index is -0.443. The zero-order valence-electron chi connectivity index (χ0n) is 7.93. The number of nitrogens with one attached hydrogen (secondary N) is 1. The molecule has 0 radical (unpaired) electrons. The lowest BCUT2D eigenvalue weighted by Crippen LogP contribution is -2.30. The van der Waals surface area contributed by atoms with Crippen molar-refractivity contribution in [1.29, 1.82) is 0 Å². The fourth-order valence-corrected chi connectivity index (χ4v) is 1.99. The third-order valence-corrected chi connectivity index (χ3v) is 3.19. The predicted octanol–water partition coefficient (Wildman–Crippen LogP) is -0.0899. The van der Waals surface area contributed by atoms with Gasteiger partial charge >= 0.3 is 0 Å². The van der Waals surface area contributed by atoms with E-state index in [0.717, 1.165) is 13.2 Å². The van der Waals surface area contributed by atoms with Crippen LogP contribution >= 0.6 is 11.8 Å². The molecule has 1 fully saturated rings. The van der Waals surface area contributed by atoms with Gasteiger partial charge in [-0.1, -0.05) is 5.16 Å². The van der Waals surface area contributed by atoms with Gasteiger partial charge in [-0.15, -0.1) is 11.8 Å². The largest absolute Gasteiger partial charge is 0.379 e. The second-order valence-corrected chi connectivity index (χ2v) is 4.41. The maximum atomic E-state index is 11.0. The minimum Gasteiger partial charge on any atom is -0.379 e. The molecule has 0 atom stereocenters. The number of carbonyl (C=O) groups is 1. The van der Waals surface area contributed by atoms with Gasteiger partial charge in [0.05, 0.1) is 24.2 Å². The highest BCUT2D eigenvalue weighted by molar-refractivity contribution is 7.99. The molecule has 1 saturated heterocycles. The van der Waals surface area contributed by atoms with Crippen molar-refractivity contribution in [3.05, 3.63) is 17.5 Å². The smallest absolute Gasteiger partial charge is 0.287 e. The lowest BCUT2D eigenvalue weighted by atomic mass is 10.4. The molecule has 1 aromatic rings. The number of ether oxygens (including phenoxy) is 1. The summed E-state index contributed by atoms with van der Waals surface area (Å²) in [6.45, 7) is 1.57. The number of rotatable bonds is 4. The summed E-state index contributed by atoms with van der Waals surface area (Å²) < 4.78 is 10.0. The average molecular weight is 229 g/mol. The number of hydrogen-bond donors (Lipinski definition) is 2. The van der Waals surface area contributed by atoms with Crippen LogP contribution in [-0.4, -0.2) is 29.5 Å². The maximum Gasteiger partial charge on any atom is 0.287 e. The molecule has 0 unspecified atom stereocenters. The van der Waals surface area contributed by atoms with Crippen LogP contribution in [0.15, 0.2) is 10.6 Å². The zero-order valence-corrected chi connectivity index (χ0v) is 8.75. The first-order valence-electron chi connectivity index (χ1n) is 4.45. The number of nitrogens with two attached hydrogens (primary N) is 1. The van der Waals surface area contributed by atoms with Crippen molar-refractivity contribution in [1.82, 2.24) is 10.6 Å². The molecule has 0 aliphatic carbocycles. The average Bonchev–Trinajstić information content (AvgIpc) is 2.63. The number of hydrazine groups is 1. The highest BCUT2D eigenvalue weighted by atomic mass is 32.2. The fourth-order valence-electron chi connectivity index (χ4n) is 1.07. The van der Waals surface area contributed by atoms with Gasteiger partial charge in [0.15, 0.2) is 5.69 Å². The second kappa shape index (κ2) is 4.65. The molecule has 7 heteroatoms. The SMILES string of the molecule is NNC(=O)c1cc(CSC2COC2)on1. The van der Waals surface area contributed by atoms with Crippen LogP contribution in [0.1, 0.15) is 16.2 Å². The highest BCUT2D eigenvalue weighted by Crippen LogP contribution is 2.23. The molecule has 2 heterocycles. The number of carbonyl (C=O) groups excluding carboxylic acids is 1. The number of aromatic nitrogens is 1. The molecule has 15 heavy (non-hydrogen) atoms. The van der Waals surface area contributed by atoms with Crippen molar-refractivity contribution >= 4 is 17.7 Å². The molecule has 0 spiro atoms. The summed E-state index contributed by atoms with van der Waals surface area (Å²) in [7, 11) is 0. The van der Waals surface area contributed by atoms with Crippen LogP contribution in [-0.2, 0) is 10.5 Å². The highest BCUT2D eigenvalue weighted by Gasteiger charge is 2.20. The van der Waals surface area contributed by atoms with Crippen molar-refractivity contribution in [2.45, 2.75) is 11.0 Å². The van der Waals surface area contributed by atoms with E-state index in [0.29, 0.717) is 16.8 Å². The van der Waals surface area contributed by atoms with Crippen LogP contribution in [0.3, 0.4) is 0 Å². The Bertz CT molecular complexity index is 351. The summed E-state index contributed by atoms with van der Waals surface area (Å²) in [4.78, 5) is 11.0. The molecule has 2 rings (SSSR count). The number of hydrogen-bond acceptors (Lipinski definition) is 6. The van der Waals surface area contributed by atoms with E-state index in [4.69, 9.17) is 15.1 Å². The summed E-state index contributed by atoms with van der Waals surface area (Å²) in [6, 6.07) is 1.59. The first-order valence-corrected chi connectivity index (χ1v) is 5.50. The standard InChI is InChI=1S/C8H11N3O3S/c9-10-8(12)7-1-5(14-11-7)4-15-6-2-13-3-6/h1,6H,2-4,9H2,(H,10,12). The van der Waals surface area contributed by atoms with Crippen LogP contribution in [0.5, 0.6) is 0 Å². The van der Waals surface area contributed by atoms with Gasteiger partial charge in [-0.25, -0.2) is 5.84 Å². The van der Waals surface area contributed by atoms with Crippen molar-refractivity contribution in [2.24, 2.45) is 5.84 Å². The summed E-state index contributed by atoms with van der Waals surface area (Å²) >= 11 is 1.73. The van der Waals surface area contributed by atoms with E-state index < -0.39 is 5.91 Å². The van der Waals surface area contributed by atoms with Crippen LogP contribution in [0.2, 0.25) is 0 Å². The second-order valence-electron chi connectivity index (χ2n) is 3.12. The summed E-state index contributed by atoms with van der Waals surface area (Å²) in [5, 5.41) is 4.13. The van der Waals surface area contributed by atoms with Crippen molar-refractivity contribution in [3.8, 4) is 0 Å². The molecular weight excluding hydrogens is 218 g/mol. The van der Waals surface area contributed by atoms with Gasteiger partial charge in [-0.2, -0.15) is 0 Å². The van der Waals surface area contributed by atoms with E-state index in [2.05, 4.69) is 5.16 Å². The Morgan fingerprint density at radius 3 is 3.13 bits per heavy atom. The number of amides is 1. The summed E-state index contributed by atoms with van der Waals surface area (Å²) in [5.74, 6) is 5.89. The molecule has 6 nitrogen and oxygen atoms in total. The van der Waals surface area contributed by atoms with Gasteiger partial charge in [0.2, 0.25) is 0 Å². The van der Waals surface area contributed by atoms with E-state index in [1.807, 2.05) is 5.43 Å². The van der Waals surface area contributed by atoms with Gasteiger partial charge in [0, 0.05) is 6.07 Å². The first kappa shape index (κ1) is 10.5. The molecule has 1 aromatic heterocycles. The normalized spacial score (nSPS) is 16.1. The lowest BCUT2D eigenvalue weighted by Gasteiger charge is -2.24. The fraction of sp³-hybridized carbons (Fsp3) is 0.500. The zero-order chi connectivity index (χ0) is 10.7. The topological polar surface area (TPSA) is 90.4 Å². The van der Waals surface area contributed by atoms with E-state index in [1.54, 1.807) is 17.8 Å². The predicted molar refractivity (Wildman–Crippen MR) is 54.1 cm³/mol. The summed E-state index contributed by atoms with van der Waals surface area (Å²) in [5.41, 5.74) is 2.20. The molecule has 3 N–H and O–H groups in total. The third kappa shape index (κ3) is 2.49. The molecule has 1 aliphatic heterocycles. The van der Waals surface area contributed by atoms with E-state index in [9.17, 15) is 4.79 Å². The Balaban J connectivity index is 1.86. The maximum absolute atomic E-state index is 11.0. The van der Waals surface area contributed by atoms with Crippen molar-refractivity contribution in [2.75, 3.05) is 13.2 Å². The lowest BCUT2D eigenvalue weighted by molar-refractivity contribution is 0.0454. The number of nitrogens with zero attached hydrogens (tertiary/aromatic N) is 1. The van der Waals surface area contributed by atoms with Crippen molar-refractivity contribution in [3.63, 3.8) is 0 Å². The number of nitrogen functional groups attached to an aromatic ring is 1. The van der Waals surface area contributed by atoms with Gasteiger partial charge in [0.1, 0.15) is 5.76 Å². The molecule has 0 aromatic carbocycles. The van der Waals surface area contributed by atoms with Crippen LogP contribution in [0, 0.1) is 0 Å². The molecule has 0 saturated carbocycles. The minimum absolute atomic E-state index is 0.206. The Labute approximate surface area is 90.5 Å². The van der Waals surface area contributed by atoms with E-state index in [-0.39, 0.29) is 5.69 Å².